The first kappa shape index (κ1) is 13.5. The average Bonchev–Trinajstić information content (AvgIpc) is 3.08. The van der Waals surface area contributed by atoms with Crippen LogP contribution in [0.4, 0.5) is 0 Å². The number of aryl methyl sites for hydroxylation is 1. The van der Waals surface area contributed by atoms with Crippen molar-refractivity contribution in [3.63, 3.8) is 0 Å². The molecule has 0 aliphatic heterocycles. The van der Waals surface area contributed by atoms with E-state index in [1.54, 1.807) is 19.3 Å². The lowest BCUT2D eigenvalue weighted by Gasteiger charge is -2.02. The van der Waals surface area contributed by atoms with Gasteiger partial charge in [0, 0.05) is 25.4 Å². The van der Waals surface area contributed by atoms with Crippen LogP contribution in [0.15, 0.2) is 23.5 Å². The van der Waals surface area contributed by atoms with Crippen LogP contribution in [0.1, 0.15) is 21.1 Å². The molecule has 0 aliphatic rings. The molecule has 7 nitrogen and oxygen atoms in total. The minimum Gasteiger partial charge on any atom is -0.351 e. The highest BCUT2D eigenvalue weighted by Gasteiger charge is 2.17. The van der Waals surface area contributed by atoms with Crippen LogP contribution in [-0.4, -0.2) is 32.4 Å². The number of carbonyl (C=O) groups excluding carboxylic acids is 1. The smallest absolute Gasteiger partial charge is 0.261 e. The number of hydrogen-bond acceptors (Lipinski definition) is 5. The quantitative estimate of drug-likeness (QED) is 0.668. The molecule has 0 atom stereocenters. The molecule has 0 fully saturated rings. The summed E-state index contributed by atoms with van der Waals surface area (Å²) in [5, 5.41) is 3.31. The Morgan fingerprint density at radius 1 is 1.38 bits per heavy atom. The Morgan fingerprint density at radius 2 is 2.24 bits per heavy atom. The Labute approximate surface area is 123 Å². The molecular formula is C13H13N5O2S. The summed E-state index contributed by atoms with van der Waals surface area (Å²) in [5.74, 6) is 0.628. The highest BCUT2D eigenvalue weighted by molar-refractivity contribution is 7.20. The lowest BCUT2D eigenvalue weighted by atomic mass is 10.2. The first-order valence-corrected chi connectivity index (χ1v) is 7.21. The number of nitrogens with zero attached hydrogens (tertiary/aromatic N) is 2. The van der Waals surface area contributed by atoms with E-state index < -0.39 is 0 Å². The van der Waals surface area contributed by atoms with Gasteiger partial charge in [-0.15, -0.1) is 11.3 Å². The number of amides is 1. The Hall–Kier alpha value is -2.48. The van der Waals surface area contributed by atoms with Gasteiger partial charge in [-0.25, -0.2) is 9.97 Å². The van der Waals surface area contributed by atoms with Crippen molar-refractivity contribution < 1.29 is 4.79 Å². The Morgan fingerprint density at radius 3 is 2.95 bits per heavy atom. The molecule has 108 valence electrons. The van der Waals surface area contributed by atoms with Crippen molar-refractivity contribution in [2.75, 3.05) is 6.54 Å². The van der Waals surface area contributed by atoms with Gasteiger partial charge in [0.2, 0.25) is 0 Å². The number of aromatic amines is 2. The summed E-state index contributed by atoms with van der Waals surface area (Å²) in [6.07, 6.45) is 5.39. The second-order valence-electron chi connectivity index (χ2n) is 4.51. The zero-order chi connectivity index (χ0) is 14.8. The van der Waals surface area contributed by atoms with Gasteiger partial charge < -0.3 is 15.3 Å². The van der Waals surface area contributed by atoms with Crippen LogP contribution in [0, 0.1) is 6.92 Å². The third-order valence-electron chi connectivity index (χ3n) is 3.14. The monoisotopic (exact) mass is 303 g/mol. The maximum absolute atomic E-state index is 12.2. The molecule has 21 heavy (non-hydrogen) atoms. The van der Waals surface area contributed by atoms with Gasteiger partial charge in [0.05, 0.1) is 16.6 Å². The zero-order valence-electron chi connectivity index (χ0n) is 11.3. The maximum Gasteiger partial charge on any atom is 0.261 e. The fraction of sp³-hybridized carbons (Fsp3) is 0.231. The van der Waals surface area contributed by atoms with Crippen molar-refractivity contribution in [3.05, 3.63) is 45.3 Å². The van der Waals surface area contributed by atoms with E-state index in [4.69, 9.17) is 0 Å². The number of nitrogens with one attached hydrogen (secondary N) is 3. The van der Waals surface area contributed by atoms with Gasteiger partial charge in [-0.2, -0.15) is 0 Å². The van der Waals surface area contributed by atoms with Gasteiger partial charge in [-0.3, -0.25) is 9.59 Å². The number of H-pyrrole nitrogens is 2. The first-order chi connectivity index (χ1) is 10.2. The van der Waals surface area contributed by atoms with E-state index in [1.807, 2.05) is 0 Å². The van der Waals surface area contributed by atoms with Crippen molar-refractivity contribution in [2.24, 2.45) is 0 Å². The molecule has 0 saturated heterocycles. The molecule has 0 saturated carbocycles. The number of aromatic nitrogens is 4. The average molecular weight is 303 g/mol. The van der Waals surface area contributed by atoms with E-state index in [2.05, 4.69) is 25.3 Å². The first-order valence-electron chi connectivity index (χ1n) is 6.40. The largest absolute Gasteiger partial charge is 0.351 e. The van der Waals surface area contributed by atoms with Crippen molar-refractivity contribution in [2.45, 2.75) is 13.3 Å². The Balaban J connectivity index is 1.77. The fourth-order valence-electron chi connectivity index (χ4n) is 2.10. The van der Waals surface area contributed by atoms with Crippen LogP contribution in [0.2, 0.25) is 0 Å². The molecule has 3 rings (SSSR count). The van der Waals surface area contributed by atoms with Gasteiger partial charge in [-0.1, -0.05) is 0 Å². The van der Waals surface area contributed by atoms with Crippen LogP contribution < -0.4 is 10.9 Å². The standard InChI is InChI=1S/C13H13N5O2S/c1-7-9-11(19)17-6-18-13(9)21-10(7)12(20)16-3-2-8-14-4-5-15-8/h4-6H,2-3H2,1H3,(H,14,15)(H,16,20)(H,17,18,19). The summed E-state index contributed by atoms with van der Waals surface area (Å²) >= 11 is 1.23. The summed E-state index contributed by atoms with van der Waals surface area (Å²) in [5.41, 5.74) is 0.447. The topological polar surface area (TPSA) is 104 Å². The highest BCUT2D eigenvalue weighted by Crippen LogP contribution is 2.26. The lowest BCUT2D eigenvalue weighted by Crippen LogP contribution is -2.25. The Bertz CT molecular complexity index is 834. The maximum atomic E-state index is 12.2. The molecule has 0 unspecified atom stereocenters. The van der Waals surface area contributed by atoms with Crippen molar-refractivity contribution >= 4 is 27.5 Å². The lowest BCUT2D eigenvalue weighted by molar-refractivity contribution is 0.0957. The number of hydrogen-bond donors (Lipinski definition) is 3. The number of carbonyl (C=O) groups is 1. The van der Waals surface area contributed by atoms with Gasteiger partial charge in [0.25, 0.3) is 11.5 Å². The van der Waals surface area contributed by atoms with Crippen molar-refractivity contribution in [3.8, 4) is 0 Å². The highest BCUT2D eigenvalue weighted by atomic mass is 32.1. The van der Waals surface area contributed by atoms with Crippen LogP contribution in [-0.2, 0) is 6.42 Å². The van der Waals surface area contributed by atoms with Gasteiger partial charge in [0.1, 0.15) is 10.7 Å². The molecule has 0 spiro atoms. The fourth-order valence-corrected chi connectivity index (χ4v) is 3.17. The molecule has 0 aliphatic carbocycles. The molecule has 3 N–H and O–H groups in total. The summed E-state index contributed by atoms with van der Waals surface area (Å²) in [6.45, 7) is 2.24. The number of rotatable bonds is 4. The van der Waals surface area contributed by atoms with Crippen LogP contribution >= 0.6 is 11.3 Å². The van der Waals surface area contributed by atoms with Gasteiger partial charge in [0.15, 0.2) is 0 Å². The van der Waals surface area contributed by atoms with E-state index in [0.29, 0.717) is 33.6 Å². The van der Waals surface area contributed by atoms with E-state index >= 15 is 0 Å². The molecule has 0 bridgehead atoms. The third-order valence-corrected chi connectivity index (χ3v) is 4.34. The predicted octanol–water partition coefficient (Wildman–Crippen LogP) is 0.989. The number of imidazole rings is 1. The molecule has 3 heterocycles. The normalized spacial score (nSPS) is 10.9. The van der Waals surface area contributed by atoms with Crippen molar-refractivity contribution in [1.82, 2.24) is 25.3 Å². The number of thiophene rings is 1. The summed E-state index contributed by atoms with van der Waals surface area (Å²) < 4.78 is 0. The minimum absolute atomic E-state index is 0.193. The van der Waals surface area contributed by atoms with Crippen molar-refractivity contribution in [1.29, 1.82) is 0 Å². The van der Waals surface area contributed by atoms with E-state index in [0.717, 1.165) is 5.82 Å². The molecule has 3 aromatic rings. The molecule has 1 amide bonds. The van der Waals surface area contributed by atoms with E-state index in [9.17, 15) is 9.59 Å². The molecule has 0 aromatic carbocycles. The van der Waals surface area contributed by atoms with Crippen LogP contribution in [0.25, 0.3) is 10.2 Å². The van der Waals surface area contributed by atoms with Crippen LogP contribution in [0.5, 0.6) is 0 Å². The zero-order valence-corrected chi connectivity index (χ0v) is 12.1. The molecular weight excluding hydrogens is 290 g/mol. The SMILES string of the molecule is Cc1c(C(=O)NCCc2ncc[nH]2)sc2nc[nH]c(=O)c12. The van der Waals surface area contributed by atoms with Gasteiger partial charge in [-0.05, 0) is 12.5 Å². The summed E-state index contributed by atoms with van der Waals surface area (Å²) in [4.78, 5) is 38.8. The number of fused-ring (bicyclic) bond motifs is 1. The van der Waals surface area contributed by atoms with Crippen LogP contribution in [0.3, 0.4) is 0 Å². The summed E-state index contributed by atoms with van der Waals surface area (Å²) in [6, 6.07) is 0. The second kappa shape index (κ2) is 5.49. The van der Waals surface area contributed by atoms with E-state index in [-0.39, 0.29) is 11.5 Å². The minimum atomic E-state index is -0.219. The Kier molecular flexibility index (Phi) is 3.53. The van der Waals surface area contributed by atoms with Gasteiger partial charge >= 0.3 is 0 Å². The molecule has 3 aromatic heterocycles. The second-order valence-corrected chi connectivity index (χ2v) is 5.51. The molecule has 0 radical (unpaired) electrons. The third kappa shape index (κ3) is 2.57. The predicted molar refractivity (Wildman–Crippen MR) is 79.6 cm³/mol. The summed E-state index contributed by atoms with van der Waals surface area (Å²) in [7, 11) is 0. The molecule has 8 heteroatoms. The van der Waals surface area contributed by atoms with E-state index in [1.165, 1.54) is 17.7 Å².